The van der Waals surface area contributed by atoms with Crippen molar-refractivity contribution in [1.82, 2.24) is 75.1 Å². The van der Waals surface area contributed by atoms with E-state index in [4.69, 9.17) is 43.6 Å². The minimum atomic E-state index is -4.01. The van der Waals surface area contributed by atoms with Crippen LogP contribution >= 0.6 is 15.9 Å². The van der Waals surface area contributed by atoms with Gasteiger partial charge in [-0.15, -0.1) is 0 Å². The molecule has 2 atom stereocenters. The molecule has 0 aliphatic carbocycles. The highest BCUT2D eigenvalue weighted by Gasteiger charge is 2.52. The largest absolute Gasteiger partial charge is 0.494 e. The Balaban J connectivity index is 0.000000135. The Morgan fingerprint density at radius 3 is 1.06 bits per heavy atom. The number of aromatic nitrogens is 12. The van der Waals surface area contributed by atoms with E-state index in [2.05, 4.69) is 40.7 Å². The summed E-state index contributed by atoms with van der Waals surface area (Å²) in [6.07, 6.45) is 14.5. The second-order valence-electron chi connectivity index (χ2n) is 38.2. The topological polar surface area (TPSA) is 374 Å². The summed E-state index contributed by atoms with van der Waals surface area (Å²) in [7, 11) is -3.96. The predicted octanol–water partition coefficient (Wildman–Crippen LogP) is 15.0. The number of carbonyl (C=O) groups is 2. The van der Waals surface area contributed by atoms with E-state index in [-0.39, 0.29) is 68.3 Å². The lowest BCUT2D eigenvalue weighted by Gasteiger charge is -2.37. The van der Waals surface area contributed by atoms with Gasteiger partial charge < -0.3 is 52.1 Å². The molecule has 21 rings (SSSR count). The number of aliphatic hydroxyl groups is 1. The number of nitrogens with zero attached hydrogens (tertiary/aromatic N) is 16. The molecule has 0 unspecified atom stereocenters. The first-order valence-electron chi connectivity index (χ1n) is 48.3. The van der Waals surface area contributed by atoms with Crippen LogP contribution in [0.25, 0.3) is 121 Å². The number of hydrogen-bond donors (Lipinski definition) is 1. The number of hydrogen-bond acceptors (Lipinski definition) is 25. The maximum Gasteiger partial charge on any atom is 0.494 e. The number of likely N-dealkylation sites (N-methyl/N-ethyl adjacent to an activating group) is 2. The van der Waals surface area contributed by atoms with Gasteiger partial charge in [0.05, 0.1) is 78.2 Å². The lowest BCUT2D eigenvalue weighted by atomic mass is 9.78. The van der Waals surface area contributed by atoms with Crippen LogP contribution in [0.15, 0.2) is 308 Å². The van der Waals surface area contributed by atoms with Crippen LogP contribution in [-0.4, -0.2) is 227 Å². The molecule has 3 saturated heterocycles. The van der Waals surface area contributed by atoms with Crippen molar-refractivity contribution in [3.63, 3.8) is 0 Å². The van der Waals surface area contributed by atoms with E-state index in [1.165, 1.54) is 32.3 Å². The number of piperazine rings is 2. The van der Waals surface area contributed by atoms with E-state index in [1.54, 1.807) is 165 Å². The predicted molar refractivity (Wildman–Crippen MR) is 580 cm³/mol. The highest BCUT2D eigenvalue weighted by atomic mass is 79.9. The first kappa shape index (κ1) is 104. The van der Waals surface area contributed by atoms with E-state index in [1.807, 2.05) is 198 Å². The number of carbonyl (C=O) groups excluding carboxylic acids is 2. The fourth-order valence-corrected chi connectivity index (χ4v) is 22.4. The summed E-state index contributed by atoms with van der Waals surface area (Å²) in [6, 6.07) is 64.8. The van der Waals surface area contributed by atoms with Crippen molar-refractivity contribution >= 4 is 136 Å². The molecule has 6 aromatic carbocycles. The van der Waals surface area contributed by atoms with E-state index >= 15 is 0 Å². The molecule has 38 heteroatoms. The quantitative estimate of drug-likeness (QED) is 0.0581. The zero-order valence-electron chi connectivity index (χ0n) is 84.5. The zero-order chi connectivity index (χ0) is 106. The van der Waals surface area contributed by atoms with Crippen LogP contribution in [0.4, 0.5) is 0 Å². The van der Waals surface area contributed by atoms with Crippen molar-refractivity contribution in [2.24, 2.45) is 21.1 Å². The Labute approximate surface area is 869 Å². The number of amides is 2. The van der Waals surface area contributed by atoms with E-state index in [0.717, 1.165) is 120 Å². The molecule has 15 heterocycles. The number of fused-ring (bicyclic) bond motifs is 6. The Morgan fingerprint density at radius 2 is 0.725 bits per heavy atom. The summed E-state index contributed by atoms with van der Waals surface area (Å²) in [5, 5.41) is 13.2. The maximum atomic E-state index is 13.6. The summed E-state index contributed by atoms with van der Waals surface area (Å²) in [4.78, 5) is 99.5. The molecule has 0 spiro atoms. The highest BCUT2D eigenvalue weighted by molar-refractivity contribution is 9.10. The number of aliphatic hydroxyl groups excluding tert-OH is 1. The van der Waals surface area contributed by atoms with Crippen LogP contribution in [-0.2, 0) is 70.1 Å². The summed E-state index contributed by atoms with van der Waals surface area (Å²) in [5.74, 6) is 1.87. The third-order valence-corrected chi connectivity index (χ3v) is 33.1. The molecule has 764 valence electrons. The van der Waals surface area contributed by atoms with Crippen LogP contribution in [0.5, 0.6) is 17.6 Å². The second kappa shape index (κ2) is 42.3. The number of ether oxygens (including phenoxy) is 3. The average Bonchev–Trinajstić information content (AvgIpc) is 1.65. The van der Waals surface area contributed by atoms with Gasteiger partial charge in [-0.1, -0.05) is 95.6 Å². The lowest BCUT2D eigenvalue weighted by molar-refractivity contribution is -0.140. The van der Waals surface area contributed by atoms with Gasteiger partial charge >= 0.3 is 7.12 Å². The van der Waals surface area contributed by atoms with Gasteiger partial charge in [-0.05, 0) is 222 Å². The highest BCUT2D eigenvalue weighted by Crippen LogP contribution is 2.40. The molecule has 1 N–H and O–H groups in total. The molecule has 0 radical (unpaired) electrons. The first-order valence-corrected chi connectivity index (χ1v) is 53.4. The molecule has 33 nitrogen and oxygen atoms in total. The normalized spacial score (nSPS) is 15.5. The van der Waals surface area contributed by atoms with E-state index < -0.39 is 65.1 Å². The smallest absolute Gasteiger partial charge is 0.476 e. The molecule has 18 aromatic rings. The van der Waals surface area contributed by atoms with Gasteiger partial charge in [0, 0.05) is 208 Å². The van der Waals surface area contributed by atoms with Crippen LogP contribution in [0.2, 0.25) is 0 Å². The monoisotopic (exact) mass is 2120 g/mol. The Hall–Kier alpha value is -15.0. The molecule has 12 aromatic heterocycles. The van der Waals surface area contributed by atoms with Gasteiger partial charge in [0.15, 0.2) is 0 Å². The number of benzene rings is 6. The van der Waals surface area contributed by atoms with Crippen molar-refractivity contribution in [2.75, 3.05) is 79.8 Å². The number of halogens is 1. The van der Waals surface area contributed by atoms with Gasteiger partial charge in [-0.3, -0.25) is 33.8 Å². The van der Waals surface area contributed by atoms with Crippen LogP contribution in [0.1, 0.15) is 58.2 Å². The van der Waals surface area contributed by atoms with Crippen LogP contribution in [0, 0.1) is 20.8 Å². The zero-order valence-corrected chi connectivity index (χ0v) is 88.6. The second-order valence-corrected chi connectivity index (χ2v) is 44.6. The van der Waals surface area contributed by atoms with Gasteiger partial charge in [0.25, 0.3) is 46.7 Å². The first-order chi connectivity index (χ1) is 71.1. The van der Waals surface area contributed by atoms with Crippen LogP contribution in [0.3, 0.4) is 0 Å². The molecule has 0 saturated carbocycles. The van der Waals surface area contributed by atoms with Gasteiger partial charge in [-0.2, -0.15) is 0 Å². The Kier molecular flexibility index (Phi) is 29.5. The number of pyridine rings is 9. The maximum absolute atomic E-state index is 13.6. The fourth-order valence-electron chi connectivity index (χ4n) is 18.1. The molecule has 3 aliphatic rings. The molecule has 3 fully saturated rings. The third kappa shape index (κ3) is 21.3. The minimum absolute atomic E-state index is 0.0692. The summed E-state index contributed by atoms with van der Waals surface area (Å²) in [5.41, 5.74) is 11.6. The summed E-state index contributed by atoms with van der Waals surface area (Å²) >= 11 is 3.33. The molecule has 149 heavy (non-hydrogen) atoms. The number of rotatable bonds is 23. The van der Waals surface area contributed by atoms with E-state index in [9.17, 15) is 49.2 Å². The van der Waals surface area contributed by atoms with Gasteiger partial charge in [0.2, 0.25) is 29.5 Å². The van der Waals surface area contributed by atoms with E-state index in [0.29, 0.717) is 93.9 Å². The standard InChI is InChI=1S/C37H36N6O5S.C31H26N4O5S.C30H30BN3O5S.C13H18BrN3O2/c1-24-5-10-29(11-6-24)49(46,47)43-16-15-30-31(23-41(4)37(45)35(30)43)33-13-8-27-21-26(7-12-32(27)39-33)28-9-14-34(38-22-28)48-20-19-42-18-17-40(3)36(44)25(42)2;1-20-3-8-24(9-4-20)41(38,39)35-14-13-25-26(19-34(2)31(37)30(25)35)28-11-6-22-17-21(5-10-27(22)33-28)23-7-12-29(32-18-23)40-16-15-36;1-19-7-11-22(12-8-19)40(36,37)34-16-15-23-24(18-33(6)28(35)27(23)34)26-13-9-20-17-21(10-14-25(20)32-26)31-38-29(2,3)30(4,5)39-31;1-10-13(18)16(2)5-6-17(10)7-8-19-12-4-3-11(14)9-15-12/h5-16,21-23,25H,17-20H2,1-4H3;3-14,17-19,36H,15-16H2,1-2H3;7-18H,1-6H3;3-4,9-10H,5-8H2,1-2H3/t25-;;;10-/m1..1/s1. The number of aryl methyl sites for hydroxylation is 6. The SMILES string of the molecule is C[C@@H]1C(=O)N(C)CCN1CCOc1ccc(Br)cn1.Cc1ccc(S(=O)(=O)n2ccc3c(-c4ccc5cc(-c6ccc(OCCN7CCN(C)C(=O)[C@H]7C)nc6)ccc5n4)cn(C)c(=O)c32)cc1.Cc1ccc(S(=O)(=O)n2ccc3c(-c4ccc5cc(-c6ccc(OCCO)nc6)ccc5n4)cn(C)c(=O)c32)cc1.Cc1ccc(S(=O)(=O)n2ccc3c(-c4ccc5cc(B6OC(C)(C)C(C)(C)O6)ccc5n4)cn(C)c(=O)c32)cc1. The van der Waals surface area contributed by atoms with Crippen LogP contribution < -0.4 is 36.4 Å². The molecular formula is C111H110BBrN16O17S3. The molecule has 0 bridgehead atoms. The van der Waals surface area contributed by atoms with Crippen molar-refractivity contribution < 1.29 is 63.5 Å². The lowest BCUT2D eigenvalue weighted by Crippen LogP contribution is -2.55. The molecular weight excluding hydrogens is 2020 g/mol. The third-order valence-electron chi connectivity index (χ3n) is 27.6. The van der Waals surface area contributed by atoms with Gasteiger partial charge in [0.1, 0.15) is 36.4 Å². The average molecular weight is 2130 g/mol. The van der Waals surface area contributed by atoms with Crippen molar-refractivity contribution in [2.45, 2.75) is 100 Å². The van der Waals surface area contributed by atoms with Gasteiger partial charge in [-0.25, -0.2) is 67.1 Å². The summed E-state index contributed by atoms with van der Waals surface area (Å²) < 4.78 is 119. The molecule has 3 aliphatic heterocycles. The molecule has 2 amide bonds. The Bertz CT molecular complexity index is 8760. The fraction of sp³-hybridized carbons (Fsp3) is 0.252. The van der Waals surface area contributed by atoms with Crippen molar-refractivity contribution in [3.05, 3.63) is 326 Å². The Morgan fingerprint density at radius 1 is 0.396 bits per heavy atom. The summed E-state index contributed by atoms with van der Waals surface area (Å²) in [6.45, 7) is 23.3. The van der Waals surface area contributed by atoms with Crippen molar-refractivity contribution in [3.8, 4) is 73.7 Å². The minimum Gasteiger partial charge on any atom is -0.476 e. The van der Waals surface area contributed by atoms with Crippen molar-refractivity contribution in [1.29, 1.82) is 0 Å².